The molecule has 1 amide bonds. The predicted octanol–water partition coefficient (Wildman–Crippen LogP) is 2.02. The number of amides is 1. The van der Waals surface area contributed by atoms with Gasteiger partial charge >= 0.3 is 0 Å². The molecule has 0 fully saturated rings. The van der Waals surface area contributed by atoms with E-state index in [1.165, 1.54) is 0 Å². The number of anilines is 1. The summed E-state index contributed by atoms with van der Waals surface area (Å²) in [4.78, 5) is 11.7. The van der Waals surface area contributed by atoms with Crippen LogP contribution in [0.2, 0.25) is 0 Å². The second-order valence-electron chi connectivity index (χ2n) is 3.89. The van der Waals surface area contributed by atoms with Gasteiger partial charge in [0.1, 0.15) is 11.8 Å². The van der Waals surface area contributed by atoms with Gasteiger partial charge in [0.05, 0.1) is 7.11 Å². The number of hydrogen-bond acceptors (Lipinski definition) is 3. The van der Waals surface area contributed by atoms with Crippen molar-refractivity contribution in [1.82, 2.24) is 5.32 Å². The Balaban J connectivity index is 2.54. The van der Waals surface area contributed by atoms with Crippen molar-refractivity contribution in [3.8, 4) is 5.75 Å². The van der Waals surface area contributed by atoms with Crippen LogP contribution in [0.15, 0.2) is 24.3 Å². The van der Waals surface area contributed by atoms with E-state index in [9.17, 15) is 4.79 Å². The Labute approximate surface area is 102 Å². The minimum absolute atomic E-state index is 0.00895. The molecule has 0 bridgehead atoms. The Morgan fingerprint density at radius 2 is 2.24 bits per heavy atom. The van der Waals surface area contributed by atoms with Crippen molar-refractivity contribution >= 4 is 11.6 Å². The van der Waals surface area contributed by atoms with E-state index in [4.69, 9.17) is 4.74 Å². The number of ether oxygens (including phenoxy) is 1. The van der Waals surface area contributed by atoms with Crippen LogP contribution in [0.3, 0.4) is 0 Å². The Morgan fingerprint density at radius 3 is 2.88 bits per heavy atom. The molecule has 4 heteroatoms. The van der Waals surface area contributed by atoms with E-state index in [0.29, 0.717) is 6.54 Å². The molecule has 0 saturated heterocycles. The van der Waals surface area contributed by atoms with Gasteiger partial charge in [0.25, 0.3) is 0 Å². The summed E-state index contributed by atoms with van der Waals surface area (Å²) in [6.45, 7) is 4.58. The molecule has 0 aliphatic carbocycles. The first-order chi connectivity index (χ1) is 8.17. The van der Waals surface area contributed by atoms with Crippen LogP contribution in [0.25, 0.3) is 0 Å². The number of nitrogens with one attached hydrogen (secondary N) is 2. The number of hydrogen-bond donors (Lipinski definition) is 2. The maximum absolute atomic E-state index is 11.7. The molecule has 1 aromatic rings. The monoisotopic (exact) mass is 236 g/mol. The topological polar surface area (TPSA) is 50.4 Å². The van der Waals surface area contributed by atoms with Gasteiger partial charge in [0.2, 0.25) is 5.91 Å². The van der Waals surface area contributed by atoms with Crippen LogP contribution in [0.1, 0.15) is 20.3 Å². The zero-order chi connectivity index (χ0) is 12.7. The zero-order valence-electron chi connectivity index (χ0n) is 10.6. The second-order valence-corrected chi connectivity index (χ2v) is 3.89. The second kappa shape index (κ2) is 6.78. The van der Waals surface area contributed by atoms with E-state index >= 15 is 0 Å². The summed E-state index contributed by atoms with van der Waals surface area (Å²) < 4.78 is 5.12. The van der Waals surface area contributed by atoms with Crippen LogP contribution < -0.4 is 15.4 Å². The first-order valence-corrected chi connectivity index (χ1v) is 5.85. The molecule has 0 spiro atoms. The fraction of sp³-hybridized carbons (Fsp3) is 0.462. The first kappa shape index (κ1) is 13.4. The van der Waals surface area contributed by atoms with E-state index in [1.54, 1.807) is 7.11 Å². The molecular formula is C13H20N2O2. The predicted molar refractivity (Wildman–Crippen MR) is 69.4 cm³/mol. The molecule has 1 rings (SSSR count). The third kappa shape index (κ3) is 4.34. The van der Waals surface area contributed by atoms with Gasteiger partial charge in [-0.2, -0.15) is 0 Å². The van der Waals surface area contributed by atoms with Gasteiger partial charge in [-0.25, -0.2) is 0 Å². The summed E-state index contributed by atoms with van der Waals surface area (Å²) in [5.74, 6) is 0.783. The molecule has 0 aliphatic rings. The molecule has 1 unspecified atom stereocenters. The van der Waals surface area contributed by atoms with Crippen LogP contribution in [0.4, 0.5) is 5.69 Å². The highest BCUT2D eigenvalue weighted by Gasteiger charge is 2.11. The zero-order valence-corrected chi connectivity index (χ0v) is 10.6. The van der Waals surface area contributed by atoms with Gasteiger partial charge in [-0.1, -0.05) is 13.0 Å². The Bertz CT molecular complexity index is 366. The van der Waals surface area contributed by atoms with E-state index < -0.39 is 0 Å². The van der Waals surface area contributed by atoms with E-state index in [0.717, 1.165) is 17.9 Å². The number of rotatable bonds is 6. The summed E-state index contributed by atoms with van der Waals surface area (Å²) in [5.41, 5.74) is 0.878. The number of methoxy groups -OCH3 is 1. The van der Waals surface area contributed by atoms with Gasteiger partial charge in [0, 0.05) is 18.3 Å². The van der Waals surface area contributed by atoms with Crippen LogP contribution in [-0.4, -0.2) is 25.6 Å². The molecule has 0 heterocycles. The summed E-state index contributed by atoms with van der Waals surface area (Å²) in [5, 5.41) is 5.98. The molecule has 0 aliphatic heterocycles. The highest BCUT2D eigenvalue weighted by atomic mass is 16.5. The minimum atomic E-state index is -0.256. The molecule has 94 valence electrons. The third-order valence-electron chi connectivity index (χ3n) is 2.40. The average molecular weight is 236 g/mol. The summed E-state index contributed by atoms with van der Waals surface area (Å²) in [6, 6.07) is 7.27. The van der Waals surface area contributed by atoms with Gasteiger partial charge in [0.15, 0.2) is 0 Å². The van der Waals surface area contributed by atoms with Crippen LogP contribution in [-0.2, 0) is 4.79 Å². The SMILES string of the molecule is CCCNC(=O)C(C)Nc1cccc(OC)c1. The van der Waals surface area contributed by atoms with Gasteiger partial charge in [-0.3, -0.25) is 4.79 Å². The summed E-state index contributed by atoms with van der Waals surface area (Å²) >= 11 is 0. The standard InChI is InChI=1S/C13H20N2O2/c1-4-8-14-13(16)10(2)15-11-6-5-7-12(9-11)17-3/h5-7,9-10,15H,4,8H2,1-3H3,(H,14,16). The van der Waals surface area contributed by atoms with Crippen LogP contribution in [0.5, 0.6) is 5.75 Å². The molecule has 0 saturated carbocycles. The van der Waals surface area contributed by atoms with Crippen LogP contribution >= 0.6 is 0 Å². The highest BCUT2D eigenvalue weighted by Crippen LogP contribution is 2.17. The van der Waals surface area contributed by atoms with Gasteiger partial charge in [-0.15, -0.1) is 0 Å². The third-order valence-corrected chi connectivity index (χ3v) is 2.40. The molecule has 2 N–H and O–H groups in total. The van der Waals surface area contributed by atoms with Crippen molar-refractivity contribution in [3.05, 3.63) is 24.3 Å². The van der Waals surface area contributed by atoms with Crippen molar-refractivity contribution in [2.45, 2.75) is 26.3 Å². The summed E-state index contributed by atoms with van der Waals surface area (Å²) in [6.07, 6.45) is 0.942. The van der Waals surface area contributed by atoms with Crippen molar-refractivity contribution in [1.29, 1.82) is 0 Å². The normalized spacial score (nSPS) is 11.7. The average Bonchev–Trinajstić information content (AvgIpc) is 2.36. The van der Waals surface area contributed by atoms with E-state index in [1.807, 2.05) is 38.1 Å². The summed E-state index contributed by atoms with van der Waals surface area (Å²) in [7, 11) is 1.62. The lowest BCUT2D eigenvalue weighted by Crippen LogP contribution is -2.37. The Kier molecular flexibility index (Phi) is 5.33. The number of benzene rings is 1. The lowest BCUT2D eigenvalue weighted by molar-refractivity contribution is -0.121. The molecule has 1 atom stereocenters. The van der Waals surface area contributed by atoms with Crippen LogP contribution in [0, 0.1) is 0 Å². The van der Waals surface area contributed by atoms with Crippen molar-refractivity contribution < 1.29 is 9.53 Å². The first-order valence-electron chi connectivity index (χ1n) is 5.85. The number of carbonyl (C=O) groups excluding carboxylic acids is 1. The Hall–Kier alpha value is -1.71. The minimum Gasteiger partial charge on any atom is -0.497 e. The maximum Gasteiger partial charge on any atom is 0.242 e. The quantitative estimate of drug-likeness (QED) is 0.794. The van der Waals surface area contributed by atoms with Crippen molar-refractivity contribution in [2.75, 3.05) is 19.0 Å². The largest absolute Gasteiger partial charge is 0.497 e. The fourth-order valence-corrected chi connectivity index (χ4v) is 1.43. The number of carbonyl (C=O) groups is 1. The smallest absolute Gasteiger partial charge is 0.242 e. The highest BCUT2D eigenvalue weighted by molar-refractivity contribution is 5.84. The molecule has 17 heavy (non-hydrogen) atoms. The lowest BCUT2D eigenvalue weighted by atomic mass is 10.2. The van der Waals surface area contributed by atoms with E-state index in [-0.39, 0.29) is 11.9 Å². The van der Waals surface area contributed by atoms with Crippen molar-refractivity contribution in [3.63, 3.8) is 0 Å². The van der Waals surface area contributed by atoms with E-state index in [2.05, 4.69) is 10.6 Å². The van der Waals surface area contributed by atoms with Gasteiger partial charge in [-0.05, 0) is 25.5 Å². The Morgan fingerprint density at radius 1 is 1.47 bits per heavy atom. The molecule has 1 aromatic carbocycles. The van der Waals surface area contributed by atoms with Crippen molar-refractivity contribution in [2.24, 2.45) is 0 Å². The fourth-order valence-electron chi connectivity index (χ4n) is 1.43. The maximum atomic E-state index is 11.7. The molecule has 0 aromatic heterocycles. The molecule has 0 radical (unpaired) electrons. The molecule has 4 nitrogen and oxygen atoms in total. The molecular weight excluding hydrogens is 216 g/mol. The van der Waals surface area contributed by atoms with Gasteiger partial charge < -0.3 is 15.4 Å². The lowest BCUT2D eigenvalue weighted by Gasteiger charge is -2.15.